The molecular formula is C26H22ClN3O3. The van der Waals surface area contributed by atoms with Gasteiger partial charge in [-0.15, -0.1) is 0 Å². The number of carbonyl (C=O) groups is 3. The van der Waals surface area contributed by atoms with Crippen LogP contribution in [0.25, 0.3) is 0 Å². The summed E-state index contributed by atoms with van der Waals surface area (Å²) in [4.78, 5) is 39.6. The molecule has 1 aliphatic heterocycles. The molecule has 0 spiro atoms. The van der Waals surface area contributed by atoms with Crippen molar-refractivity contribution in [1.29, 1.82) is 0 Å². The fraction of sp³-hybridized carbons (Fsp3) is 0.115. The number of nitrogens with one attached hydrogen (secondary N) is 2. The Balaban J connectivity index is 1.56. The summed E-state index contributed by atoms with van der Waals surface area (Å²) in [6.45, 7) is 5.73. The van der Waals surface area contributed by atoms with E-state index in [9.17, 15) is 14.4 Å². The largest absolute Gasteiger partial charge is 0.350 e. The summed E-state index contributed by atoms with van der Waals surface area (Å²) in [7, 11) is 0. The van der Waals surface area contributed by atoms with Gasteiger partial charge in [0.15, 0.2) is 0 Å². The fourth-order valence-corrected chi connectivity index (χ4v) is 3.89. The number of imide groups is 1. The number of halogens is 1. The van der Waals surface area contributed by atoms with Crippen LogP contribution in [-0.4, -0.2) is 17.7 Å². The third-order valence-corrected chi connectivity index (χ3v) is 5.76. The van der Waals surface area contributed by atoms with Crippen molar-refractivity contribution in [3.05, 3.63) is 99.7 Å². The molecule has 1 heterocycles. The molecular weight excluding hydrogens is 438 g/mol. The first-order valence-corrected chi connectivity index (χ1v) is 10.7. The second kappa shape index (κ2) is 8.92. The van der Waals surface area contributed by atoms with Crippen molar-refractivity contribution in [2.24, 2.45) is 0 Å². The molecule has 2 N–H and O–H groups in total. The Hall–Kier alpha value is -3.90. The predicted octanol–water partition coefficient (Wildman–Crippen LogP) is 5.30. The van der Waals surface area contributed by atoms with Gasteiger partial charge >= 0.3 is 0 Å². The van der Waals surface area contributed by atoms with E-state index in [1.165, 1.54) is 0 Å². The van der Waals surface area contributed by atoms with Gasteiger partial charge in [0.05, 0.1) is 5.69 Å². The average molecular weight is 460 g/mol. The van der Waals surface area contributed by atoms with Crippen LogP contribution < -0.4 is 15.5 Å². The number of nitrogens with zero attached hydrogens (tertiary/aromatic N) is 1. The molecule has 6 nitrogen and oxygen atoms in total. The van der Waals surface area contributed by atoms with E-state index < -0.39 is 11.8 Å². The first kappa shape index (κ1) is 22.3. The first-order valence-electron chi connectivity index (χ1n) is 10.4. The second-order valence-electron chi connectivity index (χ2n) is 7.90. The molecule has 0 bridgehead atoms. The molecule has 166 valence electrons. The van der Waals surface area contributed by atoms with Crippen molar-refractivity contribution in [3.8, 4) is 0 Å². The van der Waals surface area contributed by atoms with Crippen LogP contribution in [0.15, 0.2) is 77.5 Å². The summed E-state index contributed by atoms with van der Waals surface area (Å²) in [6.07, 6.45) is 0. The number of amides is 3. The average Bonchev–Trinajstić information content (AvgIpc) is 2.99. The summed E-state index contributed by atoms with van der Waals surface area (Å²) in [5, 5.41) is 5.62. The summed E-state index contributed by atoms with van der Waals surface area (Å²) in [6, 6.07) is 19.5. The number of hydrogen-bond donors (Lipinski definition) is 2. The van der Waals surface area contributed by atoms with E-state index in [1.807, 2.05) is 51.1 Å². The van der Waals surface area contributed by atoms with Crippen LogP contribution in [0.2, 0.25) is 0 Å². The standard InChI is InChI=1S/C26H22ClN3O3/c1-15-11-12-20(17(3)13-15)29-24(31)18-8-6-9-19(14-18)28-23-22(27)25(32)30(26(23)33)21-10-5-4-7-16(21)2/h4-14,28H,1-3H3,(H,29,31). The van der Waals surface area contributed by atoms with Crippen LogP contribution in [0.5, 0.6) is 0 Å². The van der Waals surface area contributed by atoms with Gasteiger partial charge in [-0.2, -0.15) is 0 Å². The van der Waals surface area contributed by atoms with Crippen molar-refractivity contribution < 1.29 is 14.4 Å². The van der Waals surface area contributed by atoms with Crippen LogP contribution in [0.1, 0.15) is 27.0 Å². The van der Waals surface area contributed by atoms with E-state index >= 15 is 0 Å². The Morgan fingerprint density at radius 3 is 2.33 bits per heavy atom. The van der Waals surface area contributed by atoms with E-state index in [0.29, 0.717) is 16.9 Å². The molecule has 1 aliphatic rings. The van der Waals surface area contributed by atoms with E-state index in [-0.39, 0.29) is 16.6 Å². The lowest BCUT2D eigenvalue weighted by Gasteiger charge is -2.17. The molecule has 0 radical (unpaired) electrons. The lowest BCUT2D eigenvalue weighted by atomic mass is 10.1. The molecule has 0 saturated heterocycles. The maximum atomic E-state index is 13.0. The minimum atomic E-state index is -0.595. The number of benzene rings is 3. The number of hydrogen-bond acceptors (Lipinski definition) is 4. The highest BCUT2D eigenvalue weighted by molar-refractivity contribution is 6.53. The number of rotatable bonds is 5. The maximum absolute atomic E-state index is 13.0. The third-order valence-electron chi connectivity index (χ3n) is 5.41. The Kier molecular flexibility index (Phi) is 6.03. The predicted molar refractivity (Wildman–Crippen MR) is 130 cm³/mol. The molecule has 33 heavy (non-hydrogen) atoms. The van der Waals surface area contributed by atoms with Crippen molar-refractivity contribution >= 4 is 46.4 Å². The quantitative estimate of drug-likeness (QED) is 0.507. The molecule has 0 aliphatic carbocycles. The topological polar surface area (TPSA) is 78.5 Å². The molecule has 4 rings (SSSR count). The Morgan fingerprint density at radius 2 is 1.61 bits per heavy atom. The number of carbonyl (C=O) groups excluding carboxylic acids is 3. The molecule has 0 saturated carbocycles. The minimum absolute atomic E-state index is 0.0307. The Morgan fingerprint density at radius 1 is 0.848 bits per heavy atom. The zero-order valence-electron chi connectivity index (χ0n) is 18.4. The van der Waals surface area contributed by atoms with Crippen LogP contribution >= 0.6 is 11.6 Å². The zero-order chi connectivity index (χ0) is 23.7. The van der Waals surface area contributed by atoms with Gasteiger partial charge in [0.25, 0.3) is 17.7 Å². The van der Waals surface area contributed by atoms with Gasteiger partial charge in [0.2, 0.25) is 0 Å². The summed E-state index contributed by atoms with van der Waals surface area (Å²) in [5.74, 6) is -1.44. The highest BCUT2D eigenvalue weighted by Crippen LogP contribution is 2.32. The normalized spacial score (nSPS) is 13.5. The molecule has 0 aromatic heterocycles. The SMILES string of the molecule is Cc1ccc(NC(=O)c2cccc(NC3=C(Cl)C(=O)N(c4ccccc4C)C3=O)c2)c(C)c1. The van der Waals surface area contributed by atoms with Gasteiger partial charge in [-0.3, -0.25) is 14.4 Å². The van der Waals surface area contributed by atoms with Gasteiger partial charge < -0.3 is 10.6 Å². The number of anilines is 3. The fourth-order valence-electron chi connectivity index (χ4n) is 3.68. The third kappa shape index (κ3) is 4.38. The monoisotopic (exact) mass is 459 g/mol. The lowest BCUT2D eigenvalue weighted by Crippen LogP contribution is -2.32. The van der Waals surface area contributed by atoms with E-state index in [2.05, 4.69) is 10.6 Å². The van der Waals surface area contributed by atoms with Gasteiger partial charge in [-0.25, -0.2) is 4.90 Å². The number of aryl methyl sites for hydroxylation is 3. The van der Waals surface area contributed by atoms with Crippen LogP contribution in [0.4, 0.5) is 17.1 Å². The molecule has 3 amide bonds. The number of para-hydroxylation sites is 1. The summed E-state index contributed by atoms with van der Waals surface area (Å²) < 4.78 is 0. The van der Waals surface area contributed by atoms with Gasteiger partial charge in [0.1, 0.15) is 10.7 Å². The van der Waals surface area contributed by atoms with Gasteiger partial charge in [-0.1, -0.05) is 53.6 Å². The van der Waals surface area contributed by atoms with E-state index in [1.54, 1.807) is 36.4 Å². The van der Waals surface area contributed by atoms with E-state index in [4.69, 9.17) is 11.6 Å². The van der Waals surface area contributed by atoms with Crippen molar-refractivity contribution in [2.45, 2.75) is 20.8 Å². The summed E-state index contributed by atoms with van der Waals surface area (Å²) in [5.41, 5.74) is 4.86. The van der Waals surface area contributed by atoms with Crippen molar-refractivity contribution in [3.63, 3.8) is 0 Å². The van der Waals surface area contributed by atoms with Gasteiger partial charge in [-0.05, 0) is 62.2 Å². The molecule has 3 aromatic rings. The van der Waals surface area contributed by atoms with Crippen LogP contribution in [0.3, 0.4) is 0 Å². The Bertz CT molecular complexity index is 1330. The van der Waals surface area contributed by atoms with E-state index in [0.717, 1.165) is 27.3 Å². The smallest absolute Gasteiger partial charge is 0.283 e. The molecule has 7 heteroatoms. The Labute approximate surface area is 196 Å². The first-order chi connectivity index (χ1) is 15.8. The van der Waals surface area contributed by atoms with Gasteiger partial charge in [0, 0.05) is 16.9 Å². The molecule has 0 fully saturated rings. The highest BCUT2D eigenvalue weighted by atomic mass is 35.5. The molecule has 3 aromatic carbocycles. The molecule has 0 atom stereocenters. The summed E-state index contributed by atoms with van der Waals surface area (Å²) >= 11 is 6.24. The van der Waals surface area contributed by atoms with Crippen molar-refractivity contribution in [2.75, 3.05) is 15.5 Å². The second-order valence-corrected chi connectivity index (χ2v) is 8.28. The lowest BCUT2D eigenvalue weighted by molar-refractivity contribution is -0.120. The maximum Gasteiger partial charge on any atom is 0.283 e. The van der Waals surface area contributed by atoms with Crippen molar-refractivity contribution in [1.82, 2.24) is 0 Å². The molecule has 0 unspecified atom stereocenters. The van der Waals surface area contributed by atoms with Crippen LogP contribution in [0, 0.1) is 20.8 Å². The zero-order valence-corrected chi connectivity index (χ0v) is 19.2. The minimum Gasteiger partial charge on any atom is -0.350 e. The highest BCUT2D eigenvalue weighted by Gasteiger charge is 2.39. The van der Waals surface area contributed by atoms with Crippen LogP contribution in [-0.2, 0) is 9.59 Å².